The van der Waals surface area contributed by atoms with Crippen LogP contribution in [0.5, 0.6) is 11.5 Å². The van der Waals surface area contributed by atoms with Crippen molar-refractivity contribution >= 4 is 23.6 Å². The molecule has 0 fully saturated rings. The molecule has 0 bridgehead atoms. The summed E-state index contributed by atoms with van der Waals surface area (Å²) < 4.78 is 10.8. The Morgan fingerprint density at radius 2 is 1.83 bits per heavy atom. The number of para-hydroxylation sites is 2. The molecule has 0 aliphatic carbocycles. The van der Waals surface area contributed by atoms with E-state index < -0.39 is 5.97 Å². The van der Waals surface area contributed by atoms with Gasteiger partial charge in [0.1, 0.15) is 23.1 Å². The fraction of sp³-hybridized carbons (Fsp3) is 0.158. The first kappa shape index (κ1) is 17.6. The molecule has 122 valence electrons. The van der Waals surface area contributed by atoms with Gasteiger partial charge < -0.3 is 9.47 Å². The van der Waals surface area contributed by atoms with Crippen molar-refractivity contribution in [2.75, 3.05) is 6.61 Å². The largest absolute Gasteiger partial charge is 0.493 e. The van der Waals surface area contributed by atoms with E-state index in [-0.39, 0.29) is 11.3 Å². The number of carbonyl (C=O) groups is 1. The minimum Gasteiger partial charge on any atom is -0.493 e. The van der Waals surface area contributed by atoms with Crippen molar-refractivity contribution in [2.45, 2.75) is 13.3 Å². The first-order chi connectivity index (χ1) is 11.7. The van der Waals surface area contributed by atoms with Gasteiger partial charge in [-0.25, -0.2) is 4.79 Å². The number of carbonyl (C=O) groups excluding carboxylic acids is 1. The topological polar surface area (TPSA) is 59.3 Å². The Morgan fingerprint density at radius 1 is 1.17 bits per heavy atom. The highest BCUT2D eigenvalue weighted by Gasteiger charge is 2.14. The minimum absolute atomic E-state index is 0.137. The predicted octanol–water partition coefficient (Wildman–Crippen LogP) is 4.64. The van der Waals surface area contributed by atoms with E-state index in [9.17, 15) is 10.1 Å². The first-order valence-corrected chi connectivity index (χ1v) is 7.83. The molecular weight excluding hydrogens is 326 g/mol. The summed E-state index contributed by atoms with van der Waals surface area (Å²) in [4.78, 5) is 12.2. The third-order valence-corrected chi connectivity index (χ3v) is 3.37. The van der Waals surface area contributed by atoms with Crippen LogP contribution in [0.25, 0.3) is 6.08 Å². The molecule has 0 aliphatic heterocycles. The van der Waals surface area contributed by atoms with Gasteiger partial charge in [-0.2, -0.15) is 5.26 Å². The summed E-state index contributed by atoms with van der Waals surface area (Å²) in [5.74, 6) is 0.0503. The summed E-state index contributed by atoms with van der Waals surface area (Å²) in [6, 6.07) is 15.6. The number of rotatable bonds is 6. The Kier molecular flexibility index (Phi) is 6.41. The highest BCUT2D eigenvalue weighted by molar-refractivity contribution is 6.32. The highest BCUT2D eigenvalue weighted by atomic mass is 35.5. The molecule has 0 N–H and O–H groups in total. The van der Waals surface area contributed by atoms with Crippen molar-refractivity contribution in [1.82, 2.24) is 0 Å². The fourth-order valence-corrected chi connectivity index (χ4v) is 2.09. The van der Waals surface area contributed by atoms with E-state index in [2.05, 4.69) is 0 Å². The van der Waals surface area contributed by atoms with Gasteiger partial charge in [-0.1, -0.05) is 48.9 Å². The summed E-state index contributed by atoms with van der Waals surface area (Å²) in [6.45, 7) is 2.55. The van der Waals surface area contributed by atoms with Crippen LogP contribution in [0.3, 0.4) is 0 Å². The lowest BCUT2D eigenvalue weighted by atomic mass is 10.1. The van der Waals surface area contributed by atoms with Crippen molar-refractivity contribution in [3.63, 3.8) is 0 Å². The SMILES string of the molecule is CCCOc1ccccc1/C=C(\C#N)C(=O)Oc1ccccc1Cl. The average Bonchev–Trinajstić information content (AvgIpc) is 2.60. The van der Waals surface area contributed by atoms with E-state index in [0.29, 0.717) is 22.9 Å². The van der Waals surface area contributed by atoms with Crippen molar-refractivity contribution in [2.24, 2.45) is 0 Å². The minimum atomic E-state index is -0.768. The molecule has 0 unspecified atom stereocenters. The second kappa shape index (κ2) is 8.76. The van der Waals surface area contributed by atoms with Crippen LogP contribution in [0.1, 0.15) is 18.9 Å². The number of halogens is 1. The van der Waals surface area contributed by atoms with Crippen LogP contribution in [-0.4, -0.2) is 12.6 Å². The van der Waals surface area contributed by atoms with Crippen LogP contribution in [0, 0.1) is 11.3 Å². The molecule has 0 heterocycles. The van der Waals surface area contributed by atoms with Crippen molar-refractivity contribution in [1.29, 1.82) is 5.26 Å². The fourth-order valence-electron chi connectivity index (χ4n) is 1.92. The molecule has 0 aliphatic rings. The van der Waals surface area contributed by atoms with E-state index >= 15 is 0 Å². The van der Waals surface area contributed by atoms with Crippen molar-refractivity contribution in [3.05, 3.63) is 64.7 Å². The van der Waals surface area contributed by atoms with Crippen molar-refractivity contribution < 1.29 is 14.3 Å². The number of ether oxygens (including phenoxy) is 2. The quantitative estimate of drug-likeness (QED) is 0.332. The molecule has 0 radical (unpaired) electrons. The normalized spacial score (nSPS) is 10.8. The molecule has 24 heavy (non-hydrogen) atoms. The summed E-state index contributed by atoms with van der Waals surface area (Å²) in [6.07, 6.45) is 2.31. The molecule has 0 aromatic heterocycles. The Hall–Kier alpha value is -2.77. The Bertz CT molecular complexity index is 793. The van der Waals surface area contributed by atoms with Gasteiger partial charge in [-0.15, -0.1) is 0 Å². The molecule has 0 atom stereocenters. The molecule has 5 heteroatoms. The average molecular weight is 342 g/mol. The monoisotopic (exact) mass is 341 g/mol. The van der Waals surface area contributed by atoms with Crippen LogP contribution >= 0.6 is 11.6 Å². The van der Waals surface area contributed by atoms with E-state index in [1.807, 2.05) is 19.1 Å². The van der Waals surface area contributed by atoms with Crippen LogP contribution in [0.2, 0.25) is 5.02 Å². The van der Waals surface area contributed by atoms with E-state index in [4.69, 9.17) is 21.1 Å². The second-order valence-corrected chi connectivity index (χ2v) is 5.28. The molecule has 0 saturated carbocycles. The first-order valence-electron chi connectivity index (χ1n) is 7.46. The second-order valence-electron chi connectivity index (χ2n) is 4.88. The molecule has 2 rings (SSSR count). The highest BCUT2D eigenvalue weighted by Crippen LogP contribution is 2.25. The number of esters is 1. The molecule has 0 spiro atoms. The summed E-state index contributed by atoms with van der Waals surface area (Å²) in [5, 5.41) is 9.58. The Labute approximate surface area is 145 Å². The van der Waals surface area contributed by atoms with Gasteiger partial charge in [0.25, 0.3) is 0 Å². The smallest absolute Gasteiger partial charge is 0.354 e. The third-order valence-electron chi connectivity index (χ3n) is 3.06. The van der Waals surface area contributed by atoms with Crippen LogP contribution in [-0.2, 0) is 4.79 Å². The third kappa shape index (κ3) is 4.61. The van der Waals surface area contributed by atoms with Crippen LogP contribution < -0.4 is 9.47 Å². The van der Waals surface area contributed by atoms with E-state index in [0.717, 1.165) is 6.42 Å². The maximum atomic E-state index is 12.2. The Balaban J connectivity index is 2.25. The number of nitrogens with zero attached hydrogens (tertiary/aromatic N) is 1. The maximum absolute atomic E-state index is 12.2. The van der Waals surface area contributed by atoms with Crippen LogP contribution in [0.4, 0.5) is 0 Å². The lowest BCUT2D eigenvalue weighted by Crippen LogP contribution is -2.10. The molecule has 0 saturated heterocycles. The van der Waals surface area contributed by atoms with E-state index in [1.165, 1.54) is 6.08 Å². The lowest BCUT2D eigenvalue weighted by Gasteiger charge is -2.08. The Morgan fingerprint density at radius 3 is 2.50 bits per heavy atom. The van der Waals surface area contributed by atoms with Gasteiger partial charge in [-0.05, 0) is 30.7 Å². The van der Waals surface area contributed by atoms with Gasteiger partial charge in [-0.3, -0.25) is 0 Å². The lowest BCUT2D eigenvalue weighted by molar-refractivity contribution is -0.129. The maximum Gasteiger partial charge on any atom is 0.354 e. The number of hydrogen-bond acceptors (Lipinski definition) is 4. The zero-order valence-corrected chi connectivity index (χ0v) is 13.9. The van der Waals surface area contributed by atoms with Gasteiger partial charge >= 0.3 is 5.97 Å². The summed E-state index contributed by atoms with van der Waals surface area (Å²) in [5.41, 5.74) is 0.501. The van der Waals surface area contributed by atoms with Crippen molar-refractivity contribution in [3.8, 4) is 17.6 Å². The number of hydrogen-bond donors (Lipinski definition) is 0. The summed E-state index contributed by atoms with van der Waals surface area (Å²) in [7, 11) is 0. The standard InChI is InChI=1S/C19H16ClNO3/c1-2-11-23-17-9-5-3-7-14(17)12-15(13-21)19(22)24-18-10-6-4-8-16(18)20/h3-10,12H,2,11H2,1H3/b15-12+. The zero-order valence-electron chi connectivity index (χ0n) is 13.2. The molecule has 2 aromatic carbocycles. The molecular formula is C19H16ClNO3. The zero-order chi connectivity index (χ0) is 17.4. The predicted molar refractivity (Wildman–Crippen MR) is 92.9 cm³/mol. The molecule has 2 aromatic rings. The molecule has 4 nitrogen and oxygen atoms in total. The van der Waals surface area contributed by atoms with Gasteiger partial charge in [0.05, 0.1) is 11.6 Å². The van der Waals surface area contributed by atoms with Gasteiger partial charge in [0.15, 0.2) is 0 Å². The van der Waals surface area contributed by atoms with Gasteiger partial charge in [0, 0.05) is 5.56 Å². The number of nitriles is 1. The molecule has 0 amide bonds. The van der Waals surface area contributed by atoms with Gasteiger partial charge in [0.2, 0.25) is 0 Å². The number of benzene rings is 2. The summed E-state index contributed by atoms with van der Waals surface area (Å²) >= 11 is 5.96. The van der Waals surface area contributed by atoms with E-state index in [1.54, 1.807) is 42.5 Å². The van der Waals surface area contributed by atoms with Crippen LogP contribution in [0.15, 0.2) is 54.1 Å².